The van der Waals surface area contributed by atoms with E-state index in [1.807, 2.05) is 60.8 Å². The molecular weight excluding hydrogens is 486 g/mol. The molecule has 0 spiro atoms. The fourth-order valence-corrected chi connectivity index (χ4v) is 4.06. The van der Waals surface area contributed by atoms with E-state index in [-0.39, 0.29) is 18.2 Å². The van der Waals surface area contributed by atoms with Crippen LogP contribution in [0.15, 0.2) is 73.1 Å². The molecule has 0 aliphatic rings. The Morgan fingerprint density at radius 2 is 1.74 bits per heavy atom. The van der Waals surface area contributed by atoms with Crippen LogP contribution in [0.4, 0.5) is 5.69 Å². The van der Waals surface area contributed by atoms with Crippen LogP contribution >= 0.6 is 0 Å². The summed E-state index contributed by atoms with van der Waals surface area (Å²) in [6.45, 7) is 4.86. The number of aromatic nitrogens is 5. The zero-order valence-corrected chi connectivity index (χ0v) is 20.9. The van der Waals surface area contributed by atoms with Crippen molar-refractivity contribution in [1.82, 2.24) is 29.7 Å². The minimum atomic E-state index is -0.429. The lowest BCUT2D eigenvalue weighted by molar-refractivity contribution is -0.384. The molecule has 38 heavy (non-hydrogen) atoms. The number of imidazole rings is 1. The number of rotatable bonds is 9. The minimum Gasteiger partial charge on any atom is -0.487 e. The van der Waals surface area contributed by atoms with Gasteiger partial charge in [-0.3, -0.25) is 19.3 Å². The van der Waals surface area contributed by atoms with Crippen molar-refractivity contribution in [2.75, 3.05) is 0 Å². The van der Waals surface area contributed by atoms with Gasteiger partial charge in [-0.2, -0.15) is 0 Å². The van der Waals surface area contributed by atoms with E-state index >= 15 is 0 Å². The number of nitrogens with one attached hydrogen (secondary N) is 1. The number of pyridine rings is 1. The maximum Gasteiger partial charge on any atom is 0.270 e. The molecule has 3 heterocycles. The molecule has 5 aromatic rings. The Labute approximate surface area is 217 Å². The first-order valence-electron chi connectivity index (χ1n) is 11.9. The number of aryl methyl sites for hydroxylation is 2. The molecule has 1 amide bonds. The van der Waals surface area contributed by atoms with Crippen molar-refractivity contribution in [1.29, 1.82) is 0 Å². The Hall–Kier alpha value is -5.06. The summed E-state index contributed by atoms with van der Waals surface area (Å²) in [4.78, 5) is 27.7. The van der Waals surface area contributed by atoms with E-state index in [9.17, 15) is 14.9 Å². The maximum absolute atomic E-state index is 12.9. The van der Waals surface area contributed by atoms with Gasteiger partial charge < -0.3 is 10.1 Å². The lowest BCUT2D eigenvalue weighted by atomic mass is 10.2. The zero-order chi connectivity index (χ0) is 26.6. The molecule has 0 aliphatic carbocycles. The van der Waals surface area contributed by atoms with E-state index in [1.165, 1.54) is 12.1 Å². The van der Waals surface area contributed by atoms with E-state index in [2.05, 4.69) is 20.6 Å². The predicted octanol–water partition coefficient (Wildman–Crippen LogP) is 4.01. The molecule has 0 radical (unpaired) electrons. The molecule has 0 atom stereocenters. The second kappa shape index (κ2) is 10.5. The largest absolute Gasteiger partial charge is 0.487 e. The summed E-state index contributed by atoms with van der Waals surface area (Å²) in [6, 6.07) is 17.7. The van der Waals surface area contributed by atoms with Crippen LogP contribution in [0.3, 0.4) is 0 Å². The van der Waals surface area contributed by atoms with Gasteiger partial charge in [-0.1, -0.05) is 35.5 Å². The van der Waals surface area contributed by atoms with E-state index in [4.69, 9.17) is 4.74 Å². The minimum absolute atomic E-state index is 0.0481. The van der Waals surface area contributed by atoms with Crippen LogP contribution < -0.4 is 10.1 Å². The number of benzene rings is 2. The zero-order valence-electron chi connectivity index (χ0n) is 20.9. The Morgan fingerprint density at radius 1 is 1.00 bits per heavy atom. The number of ether oxygens (including phenoxy) is 1. The van der Waals surface area contributed by atoms with Gasteiger partial charge >= 0.3 is 0 Å². The fraction of sp³-hybridized carbons (Fsp3) is 0.185. The van der Waals surface area contributed by atoms with Gasteiger partial charge in [0.1, 0.15) is 29.4 Å². The van der Waals surface area contributed by atoms with Crippen LogP contribution in [0.2, 0.25) is 0 Å². The summed E-state index contributed by atoms with van der Waals surface area (Å²) in [6.07, 6.45) is 3.68. The van der Waals surface area contributed by atoms with Gasteiger partial charge in [0.25, 0.3) is 11.6 Å². The summed E-state index contributed by atoms with van der Waals surface area (Å²) < 4.78 is 9.29. The summed E-state index contributed by atoms with van der Waals surface area (Å²) >= 11 is 0. The number of carbonyl (C=O) groups excluding carboxylic acids is 1. The molecular formula is C27H25N7O4. The lowest BCUT2D eigenvalue weighted by Gasteiger charge is -2.08. The average molecular weight is 512 g/mol. The van der Waals surface area contributed by atoms with Crippen LogP contribution in [-0.4, -0.2) is 35.2 Å². The van der Waals surface area contributed by atoms with Crippen molar-refractivity contribution in [3.63, 3.8) is 0 Å². The van der Waals surface area contributed by atoms with Crippen LogP contribution in [0, 0.1) is 24.0 Å². The number of non-ortho nitro benzene ring substituents is 1. The molecule has 0 aliphatic heterocycles. The third-order valence-corrected chi connectivity index (χ3v) is 6.00. The van der Waals surface area contributed by atoms with E-state index < -0.39 is 4.92 Å². The highest BCUT2D eigenvalue weighted by Crippen LogP contribution is 2.16. The third-order valence-electron chi connectivity index (χ3n) is 6.00. The van der Waals surface area contributed by atoms with Crippen LogP contribution in [0.1, 0.15) is 38.6 Å². The first-order valence-corrected chi connectivity index (χ1v) is 11.9. The molecule has 0 fully saturated rings. The molecule has 5 rings (SSSR count). The van der Waals surface area contributed by atoms with Crippen LogP contribution in [-0.2, 0) is 19.7 Å². The molecule has 2 aromatic carbocycles. The highest BCUT2D eigenvalue weighted by molar-refractivity contribution is 5.94. The van der Waals surface area contributed by atoms with Crippen LogP contribution in [0.25, 0.3) is 5.65 Å². The first-order chi connectivity index (χ1) is 18.4. The van der Waals surface area contributed by atoms with Gasteiger partial charge in [0.15, 0.2) is 0 Å². The number of carbonyl (C=O) groups is 1. The summed E-state index contributed by atoms with van der Waals surface area (Å²) in [5.74, 6) is 0.482. The number of nitrogens with zero attached hydrogens (tertiary/aromatic N) is 6. The summed E-state index contributed by atoms with van der Waals surface area (Å²) in [5.41, 5.74) is 5.52. The number of hydrogen-bond acceptors (Lipinski definition) is 7. The molecule has 0 saturated heterocycles. The summed E-state index contributed by atoms with van der Waals surface area (Å²) in [5, 5.41) is 22.0. The molecule has 3 aromatic heterocycles. The third kappa shape index (κ3) is 5.51. The molecule has 11 nitrogen and oxygen atoms in total. The second-order valence-electron chi connectivity index (χ2n) is 8.93. The van der Waals surface area contributed by atoms with Gasteiger partial charge in [-0.25, -0.2) is 9.67 Å². The number of amides is 1. The quantitative estimate of drug-likeness (QED) is 0.234. The van der Waals surface area contributed by atoms with E-state index in [0.717, 1.165) is 22.3 Å². The molecule has 0 unspecified atom stereocenters. The van der Waals surface area contributed by atoms with Gasteiger partial charge in [0, 0.05) is 24.9 Å². The van der Waals surface area contributed by atoms with Crippen molar-refractivity contribution in [3.05, 3.63) is 117 Å². The van der Waals surface area contributed by atoms with Crippen molar-refractivity contribution in [2.45, 2.75) is 33.5 Å². The van der Waals surface area contributed by atoms with Crippen molar-refractivity contribution in [2.24, 2.45) is 0 Å². The Kier molecular flexibility index (Phi) is 6.81. The fourth-order valence-electron chi connectivity index (χ4n) is 4.06. The molecule has 11 heteroatoms. The first kappa shape index (κ1) is 24.6. The number of nitro benzene ring substituents is 1. The van der Waals surface area contributed by atoms with Crippen molar-refractivity contribution >= 4 is 17.2 Å². The summed E-state index contributed by atoms with van der Waals surface area (Å²) in [7, 11) is 0. The monoisotopic (exact) mass is 511 g/mol. The number of fused-ring (bicyclic) bond motifs is 1. The van der Waals surface area contributed by atoms with Crippen molar-refractivity contribution in [3.8, 4) is 5.75 Å². The molecule has 192 valence electrons. The predicted molar refractivity (Wildman–Crippen MR) is 139 cm³/mol. The van der Waals surface area contributed by atoms with Gasteiger partial charge in [-0.05, 0) is 48.7 Å². The number of hydrogen-bond donors (Lipinski definition) is 1. The average Bonchev–Trinajstić information content (AvgIpc) is 3.49. The standard InChI is InChI=1S/C27H25N7O4/c1-18-3-12-25-29-19(2)26(33(25)14-18)27(35)28-13-20-6-10-24(11-7-20)38-17-22-16-32(31-30-22)15-21-4-8-23(9-5-21)34(36)37/h3-12,14,16H,13,15,17H2,1-2H3,(H,28,35). The maximum atomic E-state index is 12.9. The van der Waals surface area contributed by atoms with Crippen LogP contribution in [0.5, 0.6) is 5.75 Å². The van der Waals surface area contributed by atoms with E-state index in [1.54, 1.807) is 23.0 Å². The van der Waals surface area contributed by atoms with Crippen molar-refractivity contribution < 1.29 is 14.5 Å². The Balaban J connectivity index is 1.13. The highest BCUT2D eigenvalue weighted by Gasteiger charge is 2.16. The highest BCUT2D eigenvalue weighted by atomic mass is 16.6. The molecule has 0 saturated carbocycles. The van der Waals surface area contributed by atoms with Gasteiger partial charge in [0.2, 0.25) is 0 Å². The molecule has 0 bridgehead atoms. The normalized spacial score (nSPS) is 11.0. The van der Waals surface area contributed by atoms with Gasteiger partial charge in [0.05, 0.1) is 23.4 Å². The smallest absolute Gasteiger partial charge is 0.270 e. The molecule has 1 N–H and O–H groups in total. The lowest BCUT2D eigenvalue weighted by Crippen LogP contribution is -2.25. The van der Waals surface area contributed by atoms with E-state index in [0.29, 0.717) is 35.9 Å². The topological polar surface area (TPSA) is 129 Å². The number of nitro groups is 1. The Morgan fingerprint density at radius 3 is 2.47 bits per heavy atom. The van der Waals surface area contributed by atoms with Gasteiger partial charge in [-0.15, -0.1) is 5.10 Å². The second-order valence-corrected chi connectivity index (χ2v) is 8.93. The SMILES string of the molecule is Cc1ccc2nc(C)c(C(=O)NCc3ccc(OCc4cn(Cc5ccc([N+](=O)[O-])cc5)nn4)cc3)n2c1. The Bertz CT molecular complexity index is 1610.